The van der Waals surface area contributed by atoms with E-state index in [-0.39, 0.29) is 14.8 Å². The molecule has 0 aliphatic carbocycles. The summed E-state index contributed by atoms with van der Waals surface area (Å²) >= 11 is 0. The minimum absolute atomic E-state index is 0.290. The van der Waals surface area contributed by atoms with Gasteiger partial charge in [0, 0.05) is 27.4 Å². The third kappa shape index (κ3) is 4.89. The lowest BCUT2D eigenvalue weighted by molar-refractivity contribution is 0.612. The van der Waals surface area contributed by atoms with Crippen molar-refractivity contribution < 1.29 is 0 Å². The fourth-order valence-electron chi connectivity index (χ4n) is 3.24. The van der Waals surface area contributed by atoms with Gasteiger partial charge in [-0.05, 0) is 31.9 Å². The molecule has 0 amide bonds. The van der Waals surface area contributed by atoms with Gasteiger partial charge in [-0.2, -0.15) is 9.97 Å². The Morgan fingerprint density at radius 1 is 1.11 bits per heavy atom. The average Bonchev–Trinajstić information content (AvgIpc) is 3.10. The zero-order valence-corrected chi connectivity index (χ0v) is 18.5. The van der Waals surface area contributed by atoms with E-state index in [1.807, 2.05) is 24.5 Å². The van der Waals surface area contributed by atoms with Gasteiger partial charge in [-0.1, -0.05) is 50.3 Å². The van der Waals surface area contributed by atoms with E-state index in [9.17, 15) is 0 Å². The van der Waals surface area contributed by atoms with Crippen molar-refractivity contribution in [2.75, 3.05) is 10.6 Å². The first-order valence-electron chi connectivity index (χ1n) is 10.1. The summed E-state index contributed by atoms with van der Waals surface area (Å²) in [6.07, 6.45) is 2.92. The van der Waals surface area contributed by atoms with E-state index in [1.165, 1.54) is 11.6 Å². The van der Waals surface area contributed by atoms with Crippen molar-refractivity contribution in [1.29, 1.82) is 0 Å². The van der Waals surface area contributed by atoms with Crippen LogP contribution in [0.5, 0.6) is 0 Å². The van der Waals surface area contributed by atoms with Crippen molar-refractivity contribution in [3.05, 3.63) is 42.2 Å². The summed E-state index contributed by atoms with van der Waals surface area (Å²) in [7, 11) is -0.324. The molecule has 3 rings (SSSR count). The molecule has 6 nitrogen and oxygen atoms in total. The molecular formula is C21H31N6Si. The smallest absolute Gasteiger partial charge is 0.226 e. The predicted molar refractivity (Wildman–Crippen MR) is 119 cm³/mol. The molecule has 0 aliphatic heterocycles. The lowest BCUT2D eigenvalue weighted by Crippen LogP contribution is -2.24. The molecule has 0 fully saturated rings. The monoisotopic (exact) mass is 395 g/mol. The highest BCUT2D eigenvalue weighted by Crippen LogP contribution is 2.24. The maximum Gasteiger partial charge on any atom is 0.226 e. The Kier molecular flexibility index (Phi) is 6.67. The summed E-state index contributed by atoms with van der Waals surface area (Å²) in [6.45, 7) is 11.9. The number of nitrogens with zero attached hydrogens (tertiary/aromatic N) is 4. The SMILES string of the molecule is CC[C@H](C[Si](C)C)Nc1nc(NCc2ccccc2)c2ncn(C(C)C)c2n1. The number of aromatic nitrogens is 4. The van der Waals surface area contributed by atoms with Crippen LogP contribution in [0.25, 0.3) is 11.2 Å². The summed E-state index contributed by atoms with van der Waals surface area (Å²) in [4.78, 5) is 14.2. The van der Waals surface area contributed by atoms with Crippen LogP contribution in [0.3, 0.4) is 0 Å². The van der Waals surface area contributed by atoms with Crippen molar-refractivity contribution in [3.63, 3.8) is 0 Å². The van der Waals surface area contributed by atoms with Gasteiger partial charge in [-0.25, -0.2) is 4.98 Å². The van der Waals surface area contributed by atoms with Gasteiger partial charge >= 0.3 is 0 Å². The Morgan fingerprint density at radius 3 is 2.50 bits per heavy atom. The maximum atomic E-state index is 4.82. The summed E-state index contributed by atoms with van der Waals surface area (Å²) in [6, 6.07) is 12.2. The summed E-state index contributed by atoms with van der Waals surface area (Å²) in [5.41, 5.74) is 2.90. The van der Waals surface area contributed by atoms with E-state index in [2.05, 4.69) is 66.2 Å². The van der Waals surface area contributed by atoms with Crippen LogP contribution in [0.4, 0.5) is 11.8 Å². The minimum atomic E-state index is -0.324. The van der Waals surface area contributed by atoms with Crippen LogP contribution >= 0.6 is 0 Å². The molecule has 0 saturated carbocycles. The van der Waals surface area contributed by atoms with Crippen LogP contribution in [-0.4, -0.2) is 34.4 Å². The fraction of sp³-hybridized carbons (Fsp3) is 0.476. The standard InChI is InChI=1S/C21H31N6Si/c1-6-17(13-28(4)5)24-21-25-19(22-12-16-10-8-7-9-11-16)18-20(26-21)27(14-23-18)15(2)3/h7-11,14-15,17H,6,12-13H2,1-5H3,(H2,22,24,25,26)/t17-/m1/s1. The fourth-order valence-corrected chi connectivity index (χ4v) is 4.61. The molecule has 1 aromatic carbocycles. The molecule has 149 valence electrons. The van der Waals surface area contributed by atoms with E-state index in [0.29, 0.717) is 18.5 Å². The van der Waals surface area contributed by atoms with Gasteiger partial charge in [0.25, 0.3) is 0 Å². The van der Waals surface area contributed by atoms with Crippen LogP contribution in [0.15, 0.2) is 36.7 Å². The first kappa shape index (κ1) is 20.3. The number of fused-ring (bicyclic) bond motifs is 1. The van der Waals surface area contributed by atoms with Gasteiger partial charge in [0.1, 0.15) is 0 Å². The van der Waals surface area contributed by atoms with E-state index in [4.69, 9.17) is 9.97 Å². The molecule has 0 aliphatic rings. The van der Waals surface area contributed by atoms with Crippen molar-refractivity contribution in [3.8, 4) is 0 Å². The van der Waals surface area contributed by atoms with Crippen molar-refractivity contribution in [2.24, 2.45) is 0 Å². The molecule has 7 heteroatoms. The van der Waals surface area contributed by atoms with E-state index < -0.39 is 0 Å². The number of benzene rings is 1. The molecule has 2 heterocycles. The molecule has 1 radical (unpaired) electrons. The van der Waals surface area contributed by atoms with E-state index in [0.717, 1.165) is 23.4 Å². The van der Waals surface area contributed by atoms with Crippen molar-refractivity contribution in [2.45, 2.75) is 65.0 Å². The summed E-state index contributed by atoms with van der Waals surface area (Å²) < 4.78 is 2.10. The Bertz CT molecular complexity index is 891. The predicted octanol–water partition coefficient (Wildman–Crippen LogP) is 4.96. The third-order valence-electron chi connectivity index (χ3n) is 4.76. The number of hydrogen-bond acceptors (Lipinski definition) is 5. The highest BCUT2D eigenvalue weighted by molar-refractivity contribution is 6.55. The normalized spacial score (nSPS) is 12.7. The Morgan fingerprint density at radius 2 is 1.86 bits per heavy atom. The molecule has 0 bridgehead atoms. The second-order valence-corrected chi connectivity index (χ2v) is 10.6. The average molecular weight is 396 g/mol. The molecule has 3 aromatic rings. The van der Waals surface area contributed by atoms with Crippen LogP contribution in [0, 0.1) is 0 Å². The molecular weight excluding hydrogens is 364 g/mol. The molecule has 28 heavy (non-hydrogen) atoms. The summed E-state index contributed by atoms with van der Waals surface area (Å²) in [5.74, 6) is 1.46. The molecule has 0 spiro atoms. The highest BCUT2D eigenvalue weighted by Gasteiger charge is 2.17. The Labute approximate surface area is 169 Å². The summed E-state index contributed by atoms with van der Waals surface area (Å²) in [5, 5.41) is 7.04. The first-order chi connectivity index (χ1) is 13.5. The quantitative estimate of drug-likeness (QED) is 0.501. The zero-order chi connectivity index (χ0) is 20.1. The lowest BCUT2D eigenvalue weighted by Gasteiger charge is -2.19. The van der Waals surface area contributed by atoms with Gasteiger partial charge in [0.2, 0.25) is 5.95 Å². The first-order valence-corrected chi connectivity index (χ1v) is 12.8. The molecule has 2 aromatic heterocycles. The molecule has 1 atom stereocenters. The lowest BCUT2D eigenvalue weighted by atomic mass is 10.2. The molecule has 2 N–H and O–H groups in total. The van der Waals surface area contributed by atoms with E-state index >= 15 is 0 Å². The minimum Gasteiger partial charge on any atom is -0.364 e. The number of hydrogen-bond donors (Lipinski definition) is 2. The number of imidazole rings is 1. The number of nitrogens with one attached hydrogen (secondary N) is 2. The highest BCUT2D eigenvalue weighted by atomic mass is 28.3. The zero-order valence-electron chi connectivity index (χ0n) is 17.5. The molecule has 0 saturated heterocycles. The Hall–Kier alpha value is -2.41. The molecule has 0 unspecified atom stereocenters. The topological polar surface area (TPSA) is 67.7 Å². The van der Waals surface area contributed by atoms with Gasteiger partial charge in [0.05, 0.1) is 6.33 Å². The van der Waals surface area contributed by atoms with Crippen molar-refractivity contribution >= 4 is 31.7 Å². The second-order valence-electron chi connectivity index (χ2n) is 7.81. The van der Waals surface area contributed by atoms with Crippen molar-refractivity contribution in [1.82, 2.24) is 19.5 Å². The van der Waals surface area contributed by atoms with Crippen LogP contribution in [0.2, 0.25) is 19.1 Å². The largest absolute Gasteiger partial charge is 0.364 e. The maximum absolute atomic E-state index is 4.82. The van der Waals surface area contributed by atoms with Crippen LogP contribution in [-0.2, 0) is 6.54 Å². The third-order valence-corrected chi connectivity index (χ3v) is 6.07. The van der Waals surface area contributed by atoms with E-state index in [1.54, 1.807) is 0 Å². The Balaban J connectivity index is 1.93. The van der Waals surface area contributed by atoms with Crippen LogP contribution < -0.4 is 10.6 Å². The number of rotatable bonds is 9. The second kappa shape index (κ2) is 9.19. The van der Waals surface area contributed by atoms with Gasteiger partial charge < -0.3 is 15.2 Å². The van der Waals surface area contributed by atoms with Crippen LogP contribution in [0.1, 0.15) is 38.8 Å². The van der Waals surface area contributed by atoms with Gasteiger partial charge in [-0.3, -0.25) is 0 Å². The van der Waals surface area contributed by atoms with Gasteiger partial charge in [-0.15, -0.1) is 0 Å². The van der Waals surface area contributed by atoms with Gasteiger partial charge in [0.15, 0.2) is 17.0 Å². The number of anilines is 2.